The summed E-state index contributed by atoms with van der Waals surface area (Å²) in [6.45, 7) is 2.34. The van der Waals surface area contributed by atoms with Crippen LogP contribution in [0.5, 0.6) is 0 Å². The van der Waals surface area contributed by atoms with E-state index in [0.717, 1.165) is 11.1 Å². The van der Waals surface area contributed by atoms with Gasteiger partial charge in [-0.15, -0.1) is 0 Å². The molecule has 22 heavy (non-hydrogen) atoms. The maximum Gasteiger partial charge on any atom is 0.407 e. The maximum atomic E-state index is 13.6. The zero-order valence-electron chi connectivity index (χ0n) is 12.4. The van der Waals surface area contributed by atoms with E-state index in [2.05, 4.69) is 5.32 Å². The molecule has 1 N–H and O–H groups in total. The fourth-order valence-corrected chi connectivity index (χ4v) is 1.87. The van der Waals surface area contributed by atoms with Crippen LogP contribution in [-0.4, -0.2) is 12.6 Å². The SMILES string of the molecule is Cc1ccc(C=CCNC(=O)OCc2ccccc2)c(F)c1. The van der Waals surface area contributed by atoms with E-state index in [0.29, 0.717) is 5.56 Å². The normalized spacial score (nSPS) is 10.6. The molecule has 2 rings (SSSR count). The van der Waals surface area contributed by atoms with Gasteiger partial charge in [0.1, 0.15) is 12.4 Å². The van der Waals surface area contributed by atoms with Crippen LogP contribution in [0.2, 0.25) is 0 Å². The van der Waals surface area contributed by atoms with Gasteiger partial charge < -0.3 is 10.1 Å². The molecular weight excluding hydrogens is 281 g/mol. The third kappa shape index (κ3) is 5.05. The van der Waals surface area contributed by atoms with Crippen molar-refractivity contribution in [1.29, 1.82) is 0 Å². The molecule has 0 saturated carbocycles. The number of halogens is 1. The summed E-state index contributed by atoms with van der Waals surface area (Å²) in [5.74, 6) is -0.275. The van der Waals surface area contributed by atoms with Crippen LogP contribution in [0, 0.1) is 12.7 Å². The predicted molar refractivity (Wildman–Crippen MR) is 84.8 cm³/mol. The average molecular weight is 299 g/mol. The molecule has 0 aliphatic carbocycles. The van der Waals surface area contributed by atoms with Gasteiger partial charge in [-0.05, 0) is 24.1 Å². The molecule has 3 nitrogen and oxygen atoms in total. The minimum absolute atomic E-state index is 0.225. The molecule has 2 aromatic rings. The molecule has 4 heteroatoms. The summed E-state index contributed by atoms with van der Waals surface area (Å²) < 4.78 is 18.6. The monoisotopic (exact) mass is 299 g/mol. The number of carbonyl (C=O) groups is 1. The summed E-state index contributed by atoms with van der Waals surface area (Å²) in [4.78, 5) is 11.5. The zero-order valence-corrected chi connectivity index (χ0v) is 12.4. The summed E-state index contributed by atoms with van der Waals surface area (Å²) in [6, 6.07) is 14.4. The lowest BCUT2D eigenvalue weighted by Crippen LogP contribution is -2.24. The Labute approximate surface area is 129 Å². The molecule has 1 amide bonds. The quantitative estimate of drug-likeness (QED) is 0.903. The van der Waals surface area contributed by atoms with E-state index in [1.54, 1.807) is 18.2 Å². The van der Waals surface area contributed by atoms with Gasteiger partial charge in [0.15, 0.2) is 0 Å². The number of nitrogens with one attached hydrogen (secondary N) is 1. The molecule has 0 bridgehead atoms. The van der Waals surface area contributed by atoms with Crippen LogP contribution >= 0.6 is 0 Å². The first-order chi connectivity index (χ1) is 10.6. The fourth-order valence-electron chi connectivity index (χ4n) is 1.87. The second-order valence-corrected chi connectivity index (χ2v) is 4.87. The average Bonchev–Trinajstić information content (AvgIpc) is 2.52. The van der Waals surface area contributed by atoms with Crippen LogP contribution in [0.3, 0.4) is 0 Å². The lowest BCUT2D eigenvalue weighted by molar-refractivity contribution is 0.141. The highest BCUT2D eigenvalue weighted by molar-refractivity contribution is 5.67. The van der Waals surface area contributed by atoms with Crippen molar-refractivity contribution < 1.29 is 13.9 Å². The van der Waals surface area contributed by atoms with Crippen LogP contribution < -0.4 is 5.32 Å². The van der Waals surface area contributed by atoms with E-state index in [4.69, 9.17) is 4.74 Å². The van der Waals surface area contributed by atoms with E-state index in [1.165, 1.54) is 6.07 Å². The van der Waals surface area contributed by atoms with Gasteiger partial charge in [-0.25, -0.2) is 9.18 Å². The van der Waals surface area contributed by atoms with Crippen LogP contribution in [0.15, 0.2) is 54.6 Å². The molecule has 114 valence electrons. The van der Waals surface area contributed by atoms with Crippen LogP contribution in [0.1, 0.15) is 16.7 Å². The van der Waals surface area contributed by atoms with Crippen molar-refractivity contribution in [2.24, 2.45) is 0 Å². The number of ether oxygens (including phenoxy) is 1. The Balaban J connectivity index is 1.73. The third-order valence-corrected chi connectivity index (χ3v) is 3.03. The van der Waals surface area contributed by atoms with E-state index in [9.17, 15) is 9.18 Å². The Hall–Kier alpha value is -2.62. The molecule has 0 spiro atoms. The highest BCUT2D eigenvalue weighted by Gasteiger charge is 2.01. The van der Waals surface area contributed by atoms with Crippen molar-refractivity contribution in [3.05, 3.63) is 77.1 Å². The van der Waals surface area contributed by atoms with Crippen molar-refractivity contribution in [3.8, 4) is 0 Å². The van der Waals surface area contributed by atoms with Crippen molar-refractivity contribution >= 4 is 12.2 Å². The van der Waals surface area contributed by atoms with Crippen molar-refractivity contribution in [2.75, 3.05) is 6.54 Å². The molecule has 0 atom stereocenters. The number of alkyl carbamates (subject to hydrolysis) is 1. The first kappa shape index (κ1) is 15.8. The Morgan fingerprint density at radius 1 is 1.23 bits per heavy atom. The maximum absolute atomic E-state index is 13.6. The van der Waals surface area contributed by atoms with Crippen LogP contribution in [-0.2, 0) is 11.3 Å². The largest absolute Gasteiger partial charge is 0.445 e. The zero-order chi connectivity index (χ0) is 15.8. The van der Waals surface area contributed by atoms with Gasteiger partial charge in [-0.3, -0.25) is 0 Å². The third-order valence-electron chi connectivity index (χ3n) is 3.03. The second kappa shape index (κ2) is 7.98. The molecule has 2 aromatic carbocycles. The summed E-state index contributed by atoms with van der Waals surface area (Å²) >= 11 is 0. The molecule has 0 radical (unpaired) electrons. The Kier molecular flexibility index (Phi) is 5.72. The Morgan fingerprint density at radius 3 is 2.73 bits per heavy atom. The Morgan fingerprint density at radius 2 is 2.00 bits per heavy atom. The van der Waals surface area contributed by atoms with Crippen LogP contribution in [0.25, 0.3) is 6.08 Å². The van der Waals surface area contributed by atoms with Gasteiger partial charge in [0, 0.05) is 12.1 Å². The lowest BCUT2D eigenvalue weighted by Gasteiger charge is -2.05. The van der Waals surface area contributed by atoms with Gasteiger partial charge in [0.05, 0.1) is 0 Å². The van der Waals surface area contributed by atoms with Gasteiger partial charge in [-0.1, -0.05) is 54.6 Å². The second-order valence-electron chi connectivity index (χ2n) is 4.87. The minimum atomic E-state index is -0.502. The van der Waals surface area contributed by atoms with E-state index >= 15 is 0 Å². The number of aryl methyl sites for hydroxylation is 1. The number of hydrogen-bond donors (Lipinski definition) is 1. The highest BCUT2D eigenvalue weighted by Crippen LogP contribution is 2.11. The minimum Gasteiger partial charge on any atom is -0.445 e. The summed E-state index contributed by atoms with van der Waals surface area (Å²) in [5, 5.41) is 2.58. The molecule has 0 aliphatic rings. The fraction of sp³-hybridized carbons (Fsp3) is 0.167. The molecule has 0 aromatic heterocycles. The first-order valence-electron chi connectivity index (χ1n) is 7.02. The highest BCUT2D eigenvalue weighted by atomic mass is 19.1. The summed E-state index contributed by atoms with van der Waals surface area (Å²) in [7, 11) is 0. The first-order valence-corrected chi connectivity index (χ1v) is 7.02. The summed E-state index contributed by atoms with van der Waals surface area (Å²) in [5.41, 5.74) is 2.29. The lowest BCUT2D eigenvalue weighted by atomic mass is 10.1. The molecule has 0 aliphatic heterocycles. The van der Waals surface area contributed by atoms with E-state index in [-0.39, 0.29) is 19.0 Å². The van der Waals surface area contributed by atoms with Crippen LogP contribution in [0.4, 0.5) is 9.18 Å². The topological polar surface area (TPSA) is 38.3 Å². The van der Waals surface area contributed by atoms with Gasteiger partial charge in [0.2, 0.25) is 0 Å². The van der Waals surface area contributed by atoms with E-state index in [1.807, 2.05) is 43.3 Å². The Bertz CT molecular complexity index is 653. The van der Waals surface area contributed by atoms with Crippen molar-refractivity contribution in [1.82, 2.24) is 5.32 Å². The smallest absolute Gasteiger partial charge is 0.407 e. The number of benzene rings is 2. The number of carbonyl (C=O) groups excluding carboxylic acids is 1. The van der Waals surface area contributed by atoms with Gasteiger partial charge in [0.25, 0.3) is 0 Å². The molecule has 0 heterocycles. The van der Waals surface area contributed by atoms with Crippen molar-refractivity contribution in [2.45, 2.75) is 13.5 Å². The van der Waals surface area contributed by atoms with Gasteiger partial charge in [-0.2, -0.15) is 0 Å². The summed E-state index contributed by atoms with van der Waals surface area (Å²) in [6.07, 6.45) is 2.81. The predicted octanol–water partition coefficient (Wildman–Crippen LogP) is 4.07. The molecule has 0 saturated heterocycles. The molecule has 0 fully saturated rings. The molecule has 0 unspecified atom stereocenters. The number of amides is 1. The van der Waals surface area contributed by atoms with E-state index < -0.39 is 6.09 Å². The standard InChI is InChI=1S/C18H18FNO2/c1-14-9-10-16(17(19)12-14)8-5-11-20-18(21)22-13-15-6-3-2-4-7-15/h2-10,12H,11,13H2,1H3,(H,20,21). The number of hydrogen-bond acceptors (Lipinski definition) is 2. The van der Waals surface area contributed by atoms with Crippen molar-refractivity contribution in [3.63, 3.8) is 0 Å². The van der Waals surface area contributed by atoms with Gasteiger partial charge >= 0.3 is 6.09 Å². The molecular formula is C18H18FNO2. The number of rotatable bonds is 5.